The van der Waals surface area contributed by atoms with Crippen LogP contribution >= 0.6 is 0 Å². The molecule has 1 unspecified atom stereocenters. The highest BCUT2D eigenvalue weighted by atomic mass is 14.9. The van der Waals surface area contributed by atoms with Gasteiger partial charge in [-0.2, -0.15) is 5.26 Å². The number of nitrogens with one attached hydrogen (secondary N) is 2. The van der Waals surface area contributed by atoms with Gasteiger partial charge in [0.2, 0.25) is 0 Å². The van der Waals surface area contributed by atoms with E-state index < -0.39 is 0 Å². The first kappa shape index (κ1) is 19.6. The van der Waals surface area contributed by atoms with E-state index in [9.17, 15) is 0 Å². The average molecular weight is 348 g/mol. The van der Waals surface area contributed by atoms with Crippen LogP contribution in [0.2, 0.25) is 0 Å². The van der Waals surface area contributed by atoms with Gasteiger partial charge in [0.25, 0.3) is 0 Å². The minimum Gasteiger partial charge on any atom is -0.381 e. The van der Waals surface area contributed by atoms with Gasteiger partial charge in [-0.15, -0.1) is 0 Å². The monoisotopic (exact) mass is 347 g/mol. The molecule has 0 aliphatic heterocycles. The first-order chi connectivity index (χ1) is 12.6. The summed E-state index contributed by atoms with van der Waals surface area (Å²) >= 11 is 0. The lowest BCUT2D eigenvalue weighted by atomic mass is 9.86. The molecule has 0 aliphatic rings. The van der Waals surface area contributed by atoms with Crippen LogP contribution in [0.3, 0.4) is 0 Å². The first-order valence-electron chi connectivity index (χ1n) is 9.29. The van der Waals surface area contributed by atoms with Crippen LogP contribution in [-0.2, 0) is 6.54 Å². The molecule has 0 heterocycles. The third-order valence-corrected chi connectivity index (χ3v) is 4.76. The summed E-state index contributed by atoms with van der Waals surface area (Å²) in [5, 5.41) is 15.3. The average Bonchev–Trinajstić information content (AvgIpc) is 2.66. The number of rotatable bonds is 8. The normalized spacial score (nSPS) is 12.5. The number of hydrogen-bond donors (Lipinski definition) is 2. The van der Waals surface area contributed by atoms with Gasteiger partial charge in [-0.1, -0.05) is 57.2 Å². The minimum atomic E-state index is 0.553. The maximum absolute atomic E-state index is 8.96. The van der Waals surface area contributed by atoms with E-state index in [-0.39, 0.29) is 0 Å². The van der Waals surface area contributed by atoms with E-state index in [2.05, 4.69) is 61.7 Å². The summed E-state index contributed by atoms with van der Waals surface area (Å²) in [7, 11) is 1.75. The van der Waals surface area contributed by atoms with Crippen molar-refractivity contribution < 1.29 is 0 Å². The molecular formula is C23H29N3. The van der Waals surface area contributed by atoms with Crippen LogP contribution in [0.15, 0.2) is 54.2 Å². The number of nitriles is 1. The largest absolute Gasteiger partial charge is 0.381 e. The van der Waals surface area contributed by atoms with Gasteiger partial charge in [0.05, 0.1) is 0 Å². The molecule has 0 spiro atoms. The quantitative estimate of drug-likeness (QED) is 0.617. The number of benzene rings is 2. The third-order valence-electron chi connectivity index (χ3n) is 4.76. The second-order valence-corrected chi connectivity index (χ2v) is 6.90. The molecule has 2 N–H and O–H groups in total. The fraction of sp³-hybridized carbons (Fsp3) is 0.348. The number of nitrogens with zero attached hydrogens (tertiary/aromatic N) is 1. The molecule has 0 aromatic heterocycles. The maximum atomic E-state index is 8.96. The Morgan fingerprint density at radius 2 is 1.73 bits per heavy atom. The highest BCUT2D eigenvalue weighted by Gasteiger charge is 2.13. The molecule has 0 saturated carbocycles. The Kier molecular flexibility index (Phi) is 7.29. The van der Waals surface area contributed by atoms with E-state index in [1.807, 2.05) is 30.3 Å². The second kappa shape index (κ2) is 9.68. The lowest BCUT2D eigenvalue weighted by Crippen LogP contribution is -2.06. The van der Waals surface area contributed by atoms with Crippen LogP contribution in [0.1, 0.15) is 49.8 Å². The first-order valence-corrected chi connectivity index (χ1v) is 9.29. The van der Waals surface area contributed by atoms with Gasteiger partial charge >= 0.3 is 0 Å². The highest BCUT2D eigenvalue weighted by molar-refractivity contribution is 5.59. The zero-order chi connectivity index (χ0) is 18.9. The summed E-state index contributed by atoms with van der Waals surface area (Å²) < 4.78 is 0. The van der Waals surface area contributed by atoms with Crippen LogP contribution in [0, 0.1) is 17.2 Å². The van der Waals surface area contributed by atoms with Crippen molar-refractivity contribution in [2.45, 2.75) is 39.7 Å². The Labute approximate surface area is 157 Å². The van der Waals surface area contributed by atoms with Gasteiger partial charge in [-0.25, -0.2) is 0 Å². The Morgan fingerprint density at radius 3 is 2.23 bits per heavy atom. The molecule has 0 amide bonds. The molecule has 0 aliphatic carbocycles. The number of allylic oxidation sites excluding steroid dienone is 1. The molecule has 0 saturated heterocycles. The molecular weight excluding hydrogens is 318 g/mol. The summed E-state index contributed by atoms with van der Waals surface area (Å²) in [6.45, 7) is 7.64. The Bertz CT molecular complexity index is 750. The van der Waals surface area contributed by atoms with E-state index in [4.69, 9.17) is 5.26 Å². The molecule has 3 heteroatoms. The SMILES string of the molecule is CCC(c1ccc(CNc2ccc(/C=C(/C#N)NC)cc2)cc1)C(C)C. The van der Waals surface area contributed by atoms with Gasteiger partial charge in [-0.05, 0) is 53.2 Å². The third kappa shape index (κ3) is 5.39. The Hall–Kier alpha value is -2.73. The summed E-state index contributed by atoms with van der Waals surface area (Å²) in [6.07, 6.45) is 3.01. The summed E-state index contributed by atoms with van der Waals surface area (Å²) in [5.74, 6) is 1.30. The maximum Gasteiger partial charge on any atom is 0.117 e. The lowest BCUT2D eigenvalue weighted by Gasteiger charge is -2.19. The summed E-state index contributed by atoms with van der Waals surface area (Å²) in [6, 6.07) is 19.2. The van der Waals surface area contributed by atoms with Gasteiger partial charge in [-0.3, -0.25) is 0 Å². The zero-order valence-corrected chi connectivity index (χ0v) is 16.2. The van der Waals surface area contributed by atoms with Crippen molar-refractivity contribution in [3.05, 3.63) is 70.9 Å². The van der Waals surface area contributed by atoms with Crippen molar-refractivity contribution in [2.75, 3.05) is 12.4 Å². The molecule has 0 radical (unpaired) electrons. The van der Waals surface area contributed by atoms with Crippen LogP contribution in [-0.4, -0.2) is 7.05 Å². The number of anilines is 1. The van der Waals surface area contributed by atoms with Crippen LogP contribution in [0.25, 0.3) is 6.08 Å². The predicted molar refractivity (Wildman–Crippen MR) is 111 cm³/mol. The predicted octanol–water partition coefficient (Wildman–Crippen LogP) is 5.53. The van der Waals surface area contributed by atoms with Gasteiger partial charge in [0.1, 0.15) is 11.8 Å². The minimum absolute atomic E-state index is 0.553. The van der Waals surface area contributed by atoms with Crippen LogP contribution < -0.4 is 10.6 Å². The van der Waals surface area contributed by atoms with Gasteiger partial charge in [0, 0.05) is 19.3 Å². The summed E-state index contributed by atoms with van der Waals surface area (Å²) in [4.78, 5) is 0. The standard InChI is InChI=1S/C23H29N3/c1-5-23(17(2)3)20-10-6-19(7-11-20)16-26-21-12-8-18(9-13-21)14-22(15-24)25-4/h6-14,17,23,25-26H,5,16H2,1-4H3/b22-14-. The smallest absolute Gasteiger partial charge is 0.117 e. The Balaban J connectivity index is 1.97. The van der Waals surface area contributed by atoms with Crippen molar-refractivity contribution in [3.63, 3.8) is 0 Å². The summed E-state index contributed by atoms with van der Waals surface area (Å²) in [5.41, 5.74) is 5.34. The van der Waals surface area contributed by atoms with Crippen LogP contribution in [0.4, 0.5) is 5.69 Å². The molecule has 0 bridgehead atoms. The number of hydrogen-bond acceptors (Lipinski definition) is 3. The fourth-order valence-electron chi connectivity index (χ4n) is 3.20. The molecule has 1 atom stereocenters. The molecule has 26 heavy (non-hydrogen) atoms. The fourth-order valence-corrected chi connectivity index (χ4v) is 3.20. The van der Waals surface area contributed by atoms with Gasteiger partial charge < -0.3 is 10.6 Å². The highest BCUT2D eigenvalue weighted by Crippen LogP contribution is 2.27. The van der Waals surface area contributed by atoms with E-state index >= 15 is 0 Å². The molecule has 3 nitrogen and oxygen atoms in total. The van der Waals surface area contributed by atoms with Crippen molar-refractivity contribution in [1.29, 1.82) is 5.26 Å². The van der Waals surface area contributed by atoms with Gasteiger partial charge in [0.15, 0.2) is 0 Å². The molecule has 136 valence electrons. The van der Waals surface area contributed by atoms with Crippen molar-refractivity contribution in [2.24, 2.45) is 5.92 Å². The van der Waals surface area contributed by atoms with E-state index in [0.29, 0.717) is 17.5 Å². The topological polar surface area (TPSA) is 47.9 Å². The zero-order valence-electron chi connectivity index (χ0n) is 16.2. The van der Waals surface area contributed by atoms with Crippen LogP contribution in [0.5, 0.6) is 0 Å². The Morgan fingerprint density at radius 1 is 1.08 bits per heavy atom. The molecule has 2 aromatic rings. The lowest BCUT2D eigenvalue weighted by molar-refractivity contribution is 0.485. The van der Waals surface area contributed by atoms with E-state index in [0.717, 1.165) is 17.8 Å². The van der Waals surface area contributed by atoms with E-state index in [1.165, 1.54) is 17.5 Å². The molecule has 2 rings (SSSR count). The van der Waals surface area contributed by atoms with E-state index in [1.54, 1.807) is 7.05 Å². The second-order valence-electron chi connectivity index (χ2n) is 6.90. The van der Waals surface area contributed by atoms with Crippen molar-refractivity contribution >= 4 is 11.8 Å². The van der Waals surface area contributed by atoms with Crippen molar-refractivity contribution in [3.8, 4) is 6.07 Å². The molecule has 2 aromatic carbocycles. The van der Waals surface area contributed by atoms with Crippen molar-refractivity contribution in [1.82, 2.24) is 5.32 Å². The molecule has 0 fully saturated rings.